The fourth-order valence-corrected chi connectivity index (χ4v) is 2.92. The lowest BCUT2D eigenvalue weighted by Gasteiger charge is -2.04. The molecule has 0 N–H and O–H groups in total. The van der Waals surface area contributed by atoms with Crippen molar-refractivity contribution in [3.05, 3.63) is 66.2 Å². The summed E-state index contributed by atoms with van der Waals surface area (Å²) in [6, 6.07) is 19.0. The second-order valence-corrected chi connectivity index (χ2v) is 5.22. The number of anilines is 1. The predicted molar refractivity (Wildman–Crippen MR) is 70.9 cm³/mol. The van der Waals surface area contributed by atoms with Crippen LogP contribution in [0.1, 0.15) is 11.6 Å². The summed E-state index contributed by atoms with van der Waals surface area (Å²) in [4.78, 5) is 1.72. The molecule has 17 heavy (non-hydrogen) atoms. The molecule has 1 saturated heterocycles. The van der Waals surface area contributed by atoms with E-state index in [1.807, 2.05) is 60.7 Å². The average molecular weight is 292 g/mol. The third-order valence-corrected chi connectivity index (χ3v) is 3.81. The minimum absolute atomic E-state index is 0.244. The molecule has 0 radical (unpaired) electrons. The van der Waals surface area contributed by atoms with Crippen molar-refractivity contribution >= 4 is 21.6 Å². The topological polar surface area (TPSA) is 3.01 Å². The molecule has 1 nitrogen and oxygen atoms in total. The maximum absolute atomic E-state index is 14.3. The summed E-state index contributed by atoms with van der Waals surface area (Å²) in [5, 5.41) is 0. The van der Waals surface area contributed by atoms with E-state index < -0.39 is 4.70 Å². The zero-order valence-electron chi connectivity index (χ0n) is 9.05. The smallest absolute Gasteiger partial charge is 0.263 e. The Kier molecular flexibility index (Phi) is 2.44. The lowest BCUT2D eigenvalue weighted by atomic mass is 10.1. The maximum atomic E-state index is 14.3. The normalized spacial score (nSPS) is 26.9. The van der Waals surface area contributed by atoms with Crippen LogP contribution in [0.15, 0.2) is 60.7 Å². The van der Waals surface area contributed by atoms with Crippen LogP contribution >= 0.6 is 15.9 Å². The summed E-state index contributed by atoms with van der Waals surface area (Å²) in [5.41, 5.74) is 1.87. The van der Waals surface area contributed by atoms with E-state index in [4.69, 9.17) is 0 Å². The Bertz CT molecular complexity index is 465. The fourth-order valence-electron chi connectivity index (χ4n) is 2.14. The Labute approximate surface area is 108 Å². The Hall–Kier alpha value is -1.35. The van der Waals surface area contributed by atoms with Gasteiger partial charge in [-0.2, -0.15) is 0 Å². The van der Waals surface area contributed by atoms with E-state index in [2.05, 4.69) is 15.9 Å². The van der Waals surface area contributed by atoms with Crippen molar-refractivity contribution in [1.82, 2.24) is 0 Å². The standard InChI is InChI=1S/C14H11BrFN/c15-14(16)13(11-7-3-1-4-8-11)17(14)12-9-5-2-6-10-12/h1-10,13H. The summed E-state index contributed by atoms with van der Waals surface area (Å²) >= 11 is 3.15. The van der Waals surface area contributed by atoms with Gasteiger partial charge in [0, 0.05) is 5.69 Å². The van der Waals surface area contributed by atoms with Gasteiger partial charge in [-0.1, -0.05) is 48.5 Å². The molecule has 2 atom stereocenters. The van der Waals surface area contributed by atoms with Crippen LogP contribution < -0.4 is 4.90 Å². The molecule has 1 aliphatic rings. The van der Waals surface area contributed by atoms with Gasteiger partial charge in [0.2, 0.25) is 0 Å². The van der Waals surface area contributed by atoms with Crippen LogP contribution in [0.5, 0.6) is 0 Å². The van der Waals surface area contributed by atoms with E-state index in [1.165, 1.54) is 0 Å². The zero-order valence-corrected chi connectivity index (χ0v) is 10.6. The number of rotatable bonds is 2. The van der Waals surface area contributed by atoms with E-state index in [0.717, 1.165) is 11.3 Å². The molecular weight excluding hydrogens is 281 g/mol. The first-order valence-electron chi connectivity index (χ1n) is 5.48. The summed E-state index contributed by atoms with van der Waals surface area (Å²) < 4.78 is 12.9. The molecule has 0 aliphatic carbocycles. The SMILES string of the molecule is FC1(Br)C(c2ccccc2)N1c1ccccc1. The van der Waals surface area contributed by atoms with Gasteiger partial charge in [-0.05, 0) is 33.6 Å². The highest BCUT2D eigenvalue weighted by Gasteiger charge is 2.63. The highest BCUT2D eigenvalue weighted by Crippen LogP contribution is 2.60. The lowest BCUT2D eigenvalue weighted by Crippen LogP contribution is -2.00. The van der Waals surface area contributed by atoms with Gasteiger partial charge in [0.05, 0.1) is 0 Å². The summed E-state index contributed by atoms with van der Waals surface area (Å²) in [6.07, 6.45) is 0. The molecule has 2 unspecified atom stereocenters. The molecule has 3 rings (SSSR count). The molecule has 3 heteroatoms. The van der Waals surface area contributed by atoms with Gasteiger partial charge in [-0.15, -0.1) is 0 Å². The van der Waals surface area contributed by atoms with Gasteiger partial charge >= 0.3 is 0 Å². The van der Waals surface area contributed by atoms with Gasteiger partial charge in [-0.25, -0.2) is 4.39 Å². The number of para-hydroxylation sites is 1. The van der Waals surface area contributed by atoms with Gasteiger partial charge in [0.15, 0.2) is 0 Å². The second-order valence-electron chi connectivity index (χ2n) is 4.11. The van der Waals surface area contributed by atoms with Crippen LogP contribution in [0.4, 0.5) is 10.1 Å². The van der Waals surface area contributed by atoms with Crippen molar-refractivity contribution in [3.8, 4) is 0 Å². The molecule has 0 bridgehead atoms. The monoisotopic (exact) mass is 291 g/mol. The van der Waals surface area contributed by atoms with Crippen LogP contribution in [0.3, 0.4) is 0 Å². The number of hydrogen-bond donors (Lipinski definition) is 0. The van der Waals surface area contributed by atoms with Crippen molar-refractivity contribution in [2.24, 2.45) is 0 Å². The number of benzene rings is 2. The molecule has 1 heterocycles. The minimum atomic E-state index is -1.46. The van der Waals surface area contributed by atoms with Gasteiger partial charge in [0.25, 0.3) is 4.70 Å². The number of alkyl halides is 2. The van der Waals surface area contributed by atoms with Crippen molar-refractivity contribution in [2.45, 2.75) is 10.7 Å². The van der Waals surface area contributed by atoms with E-state index in [9.17, 15) is 4.39 Å². The van der Waals surface area contributed by atoms with Gasteiger partial charge in [0.1, 0.15) is 6.04 Å². The Morgan fingerprint density at radius 3 is 2.06 bits per heavy atom. The molecule has 1 fully saturated rings. The van der Waals surface area contributed by atoms with Crippen molar-refractivity contribution in [3.63, 3.8) is 0 Å². The Balaban J connectivity index is 1.95. The molecule has 0 spiro atoms. The summed E-state index contributed by atoms with van der Waals surface area (Å²) in [5.74, 6) is 0. The van der Waals surface area contributed by atoms with E-state index in [0.29, 0.717) is 0 Å². The number of halogens is 2. The third kappa shape index (κ3) is 1.75. The molecule has 1 aliphatic heterocycles. The molecule has 0 amide bonds. The average Bonchev–Trinajstić information content (AvgIpc) is 2.94. The number of nitrogens with zero attached hydrogens (tertiary/aromatic N) is 1. The maximum Gasteiger partial charge on any atom is 0.263 e. The fraction of sp³-hybridized carbons (Fsp3) is 0.143. The van der Waals surface area contributed by atoms with E-state index >= 15 is 0 Å². The second kappa shape index (κ2) is 3.84. The minimum Gasteiger partial charge on any atom is -0.315 e. The van der Waals surface area contributed by atoms with Crippen LogP contribution in [-0.4, -0.2) is 4.70 Å². The molecular formula is C14H11BrFN. The molecule has 86 valence electrons. The van der Waals surface area contributed by atoms with Crippen LogP contribution in [0.2, 0.25) is 0 Å². The highest BCUT2D eigenvalue weighted by molar-refractivity contribution is 9.10. The van der Waals surface area contributed by atoms with Crippen LogP contribution in [-0.2, 0) is 0 Å². The first-order valence-corrected chi connectivity index (χ1v) is 6.28. The predicted octanol–water partition coefficient (Wildman–Crippen LogP) is 4.27. The molecule has 2 aromatic carbocycles. The van der Waals surface area contributed by atoms with E-state index in [-0.39, 0.29) is 6.04 Å². The summed E-state index contributed by atoms with van der Waals surface area (Å²) in [6.45, 7) is 0. The van der Waals surface area contributed by atoms with Gasteiger partial charge in [-0.3, -0.25) is 0 Å². The molecule has 2 aromatic rings. The largest absolute Gasteiger partial charge is 0.315 e. The zero-order chi connectivity index (χ0) is 11.9. The van der Waals surface area contributed by atoms with Crippen LogP contribution in [0, 0.1) is 0 Å². The quantitative estimate of drug-likeness (QED) is 0.454. The van der Waals surface area contributed by atoms with Crippen LogP contribution in [0.25, 0.3) is 0 Å². The first-order chi connectivity index (χ1) is 8.21. The third-order valence-electron chi connectivity index (χ3n) is 2.99. The molecule has 0 aromatic heterocycles. The highest BCUT2D eigenvalue weighted by atomic mass is 79.9. The Morgan fingerprint density at radius 1 is 0.941 bits per heavy atom. The summed E-state index contributed by atoms with van der Waals surface area (Å²) in [7, 11) is 0. The Morgan fingerprint density at radius 2 is 1.47 bits per heavy atom. The van der Waals surface area contributed by atoms with Crippen molar-refractivity contribution in [1.29, 1.82) is 0 Å². The van der Waals surface area contributed by atoms with Crippen molar-refractivity contribution in [2.75, 3.05) is 4.90 Å². The van der Waals surface area contributed by atoms with Crippen molar-refractivity contribution < 1.29 is 4.39 Å². The first kappa shape index (κ1) is 10.8. The molecule has 0 saturated carbocycles. The van der Waals surface area contributed by atoms with E-state index in [1.54, 1.807) is 4.90 Å². The van der Waals surface area contributed by atoms with Gasteiger partial charge < -0.3 is 4.90 Å². The lowest BCUT2D eigenvalue weighted by molar-refractivity contribution is 0.435. The number of hydrogen-bond acceptors (Lipinski definition) is 1.